The fourth-order valence-electron chi connectivity index (χ4n) is 4.69. The Balaban J connectivity index is 1.63. The van der Waals surface area contributed by atoms with Gasteiger partial charge in [-0.1, -0.05) is 32.9 Å². The number of aliphatic hydroxyl groups is 1. The molecule has 2 aromatic rings. The smallest absolute Gasteiger partial charge is 0.264 e. The first-order valence-corrected chi connectivity index (χ1v) is 13.4. The summed E-state index contributed by atoms with van der Waals surface area (Å²) < 4.78 is 40.6. The number of sulfonamides is 1. The van der Waals surface area contributed by atoms with Crippen LogP contribution in [0.1, 0.15) is 57.3 Å². The molecule has 1 unspecified atom stereocenters. The first kappa shape index (κ1) is 24.0. The van der Waals surface area contributed by atoms with Gasteiger partial charge in [-0.2, -0.15) is 0 Å². The highest BCUT2D eigenvalue weighted by Crippen LogP contribution is 2.40. The molecule has 0 saturated carbocycles. The van der Waals surface area contributed by atoms with Crippen LogP contribution < -0.4 is 9.04 Å². The van der Waals surface area contributed by atoms with Crippen molar-refractivity contribution in [1.29, 1.82) is 0 Å². The van der Waals surface area contributed by atoms with E-state index in [-0.39, 0.29) is 16.9 Å². The summed E-state index contributed by atoms with van der Waals surface area (Å²) in [5, 5.41) is 10.9. The van der Waals surface area contributed by atoms with E-state index in [1.807, 2.05) is 38.1 Å². The largest absolute Gasteiger partial charge is 0.490 e. The summed E-state index contributed by atoms with van der Waals surface area (Å²) in [6.45, 7) is 7.89. The maximum absolute atomic E-state index is 13.7. The zero-order valence-electron chi connectivity index (χ0n) is 19.7. The molecule has 0 spiro atoms. The van der Waals surface area contributed by atoms with Gasteiger partial charge in [-0.3, -0.25) is 4.31 Å². The lowest BCUT2D eigenvalue weighted by Crippen LogP contribution is -2.36. The molecule has 0 aromatic heterocycles. The van der Waals surface area contributed by atoms with E-state index in [9.17, 15) is 13.5 Å². The molecule has 7 heteroatoms. The molecule has 2 aliphatic rings. The van der Waals surface area contributed by atoms with Crippen LogP contribution in [0.25, 0.3) is 0 Å². The van der Waals surface area contributed by atoms with Crippen molar-refractivity contribution in [2.24, 2.45) is 11.8 Å². The van der Waals surface area contributed by atoms with Gasteiger partial charge in [0.15, 0.2) is 0 Å². The number of aryl methyl sites for hydroxylation is 1. The lowest BCUT2D eigenvalue weighted by molar-refractivity contribution is -0.0151. The average molecular weight is 474 g/mol. The van der Waals surface area contributed by atoms with E-state index in [0.29, 0.717) is 35.9 Å². The minimum atomic E-state index is -3.81. The number of benzene rings is 2. The van der Waals surface area contributed by atoms with Gasteiger partial charge in [-0.05, 0) is 61.1 Å². The molecule has 0 bridgehead atoms. The van der Waals surface area contributed by atoms with Crippen molar-refractivity contribution >= 4 is 15.7 Å². The second-order valence-electron chi connectivity index (χ2n) is 9.51. The lowest BCUT2D eigenvalue weighted by atomic mass is 9.87. The van der Waals surface area contributed by atoms with Gasteiger partial charge < -0.3 is 14.6 Å². The molecule has 180 valence electrons. The van der Waals surface area contributed by atoms with E-state index in [4.69, 9.17) is 9.47 Å². The van der Waals surface area contributed by atoms with Gasteiger partial charge in [0.05, 0.1) is 16.7 Å². The minimum absolute atomic E-state index is 0.0756. The van der Waals surface area contributed by atoms with Crippen molar-refractivity contribution < 1.29 is 23.0 Å². The van der Waals surface area contributed by atoms with Crippen LogP contribution in [0.5, 0.6) is 5.75 Å². The van der Waals surface area contributed by atoms with Crippen LogP contribution in [0.3, 0.4) is 0 Å². The number of hydrogen-bond donors (Lipinski definition) is 1. The van der Waals surface area contributed by atoms with Crippen LogP contribution in [-0.2, 0) is 21.2 Å². The third kappa shape index (κ3) is 5.20. The lowest BCUT2D eigenvalue weighted by Gasteiger charge is -2.36. The van der Waals surface area contributed by atoms with Crippen molar-refractivity contribution in [3.05, 3.63) is 53.6 Å². The molecule has 6 nitrogen and oxygen atoms in total. The molecule has 2 aliphatic heterocycles. The number of fused-ring (bicyclic) bond motifs is 1. The second kappa shape index (κ2) is 10.0. The summed E-state index contributed by atoms with van der Waals surface area (Å²) in [7, 11) is -3.81. The Bertz CT molecular complexity index is 1040. The topological polar surface area (TPSA) is 76.1 Å². The van der Waals surface area contributed by atoms with E-state index in [1.165, 1.54) is 4.31 Å². The van der Waals surface area contributed by atoms with Gasteiger partial charge in [-0.15, -0.1) is 0 Å². The number of aliphatic hydroxyl groups excluding tert-OH is 1. The van der Waals surface area contributed by atoms with E-state index in [1.54, 1.807) is 18.2 Å². The van der Waals surface area contributed by atoms with Crippen molar-refractivity contribution in [1.82, 2.24) is 0 Å². The number of rotatable bonds is 7. The molecule has 2 atom stereocenters. The molecule has 2 heterocycles. The summed E-state index contributed by atoms with van der Waals surface area (Å²) in [4.78, 5) is 0.175. The van der Waals surface area contributed by atoms with E-state index in [0.717, 1.165) is 38.0 Å². The van der Waals surface area contributed by atoms with Crippen molar-refractivity contribution in [3.63, 3.8) is 0 Å². The van der Waals surface area contributed by atoms with E-state index in [2.05, 4.69) is 6.92 Å². The number of hydrogen-bond acceptors (Lipinski definition) is 5. The molecule has 0 radical (unpaired) electrons. The molecule has 0 aliphatic carbocycles. The Morgan fingerprint density at radius 1 is 1.09 bits per heavy atom. The highest BCUT2D eigenvalue weighted by Gasteiger charge is 2.35. The van der Waals surface area contributed by atoms with Crippen LogP contribution in [-0.4, -0.2) is 39.4 Å². The van der Waals surface area contributed by atoms with Gasteiger partial charge in [0.25, 0.3) is 10.0 Å². The minimum Gasteiger partial charge on any atom is -0.490 e. The molecule has 1 fully saturated rings. The Hall–Kier alpha value is -2.09. The predicted molar refractivity (Wildman–Crippen MR) is 129 cm³/mol. The maximum Gasteiger partial charge on any atom is 0.264 e. The number of nitrogens with zero attached hydrogens (tertiary/aromatic N) is 1. The molecule has 0 amide bonds. The highest BCUT2D eigenvalue weighted by molar-refractivity contribution is 7.92. The SMILES string of the molecule is CCc1ccc(N(CC(C)C)S(=O)(=O)c2ccc3c(c2)C(O)C[C@H](C2CCOCC2)O3)cc1. The first-order chi connectivity index (χ1) is 15.8. The number of ether oxygens (including phenoxy) is 2. The quantitative estimate of drug-likeness (QED) is 0.630. The summed E-state index contributed by atoms with van der Waals surface area (Å²) in [6, 6.07) is 12.6. The monoisotopic (exact) mass is 473 g/mol. The Morgan fingerprint density at radius 3 is 2.42 bits per heavy atom. The van der Waals surface area contributed by atoms with E-state index < -0.39 is 16.1 Å². The zero-order valence-corrected chi connectivity index (χ0v) is 20.6. The molecule has 4 rings (SSSR count). The molecule has 1 saturated heterocycles. The van der Waals surface area contributed by atoms with Crippen LogP contribution in [0.2, 0.25) is 0 Å². The molecule has 1 N–H and O–H groups in total. The normalized spacial score (nSPS) is 21.5. The van der Waals surface area contributed by atoms with E-state index >= 15 is 0 Å². The van der Waals surface area contributed by atoms with Crippen molar-refractivity contribution in [2.75, 3.05) is 24.1 Å². The summed E-state index contributed by atoms with van der Waals surface area (Å²) in [5.74, 6) is 1.07. The second-order valence-corrected chi connectivity index (χ2v) is 11.4. The van der Waals surface area contributed by atoms with Gasteiger partial charge in [-0.25, -0.2) is 8.42 Å². The van der Waals surface area contributed by atoms with Gasteiger partial charge in [0.1, 0.15) is 11.9 Å². The fourth-order valence-corrected chi connectivity index (χ4v) is 6.35. The third-order valence-electron chi connectivity index (χ3n) is 6.62. The first-order valence-electron chi connectivity index (χ1n) is 12.0. The average Bonchev–Trinajstić information content (AvgIpc) is 2.82. The van der Waals surface area contributed by atoms with Crippen LogP contribution in [0.4, 0.5) is 5.69 Å². The van der Waals surface area contributed by atoms with Crippen molar-refractivity contribution in [3.8, 4) is 5.75 Å². The van der Waals surface area contributed by atoms with Crippen LogP contribution in [0, 0.1) is 11.8 Å². The maximum atomic E-state index is 13.7. The fraction of sp³-hybridized carbons (Fsp3) is 0.538. The molecular formula is C26H35NO5S. The Labute approximate surface area is 197 Å². The molecule has 2 aromatic carbocycles. The van der Waals surface area contributed by atoms with Crippen molar-refractivity contribution in [2.45, 2.75) is 63.6 Å². The summed E-state index contributed by atoms with van der Waals surface area (Å²) in [6.07, 6.45) is 2.37. The molecule has 33 heavy (non-hydrogen) atoms. The standard InChI is InChI=1S/C26H35NO5S/c1-4-19-5-7-21(8-6-19)27(17-18(2)3)33(29,30)22-9-10-25-23(15-22)24(28)16-26(32-25)20-11-13-31-14-12-20/h5-10,15,18,20,24,26,28H,4,11-14,16-17H2,1-3H3/t24?,26-/m1/s1. The Kier molecular flexibility index (Phi) is 7.31. The van der Waals surface area contributed by atoms with Crippen LogP contribution >= 0.6 is 0 Å². The van der Waals surface area contributed by atoms with Gasteiger partial charge in [0.2, 0.25) is 0 Å². The zero-order chi connectivity index (χ0) is 23.6. The summed E-state index contributed by atoms with van der Waals surface area (Å²) >= 11 is 0. The predicted octanol–water partition coefficient (Wildman–Crippen LogP) is 4.71. The third-order valence-corrected chi connectivity index (χ3v) is 8.41. The van der Waals surface area contributed by atoms with Gasteiger partial charge >= 0.3 is 0 Å². The number of anilines is 1. The van der Waals surface area contributed by atoms with Crippen LogP contribution in [0.15, 0.2) is 47.4 Å². The Morgan fingerprint density at radius 2 is 1.79 bits per heavy atom. The summed E-state index contributed by atoms with van der Waals surface area (Å²) in [5.41, 5.74) is 2.36. The highest BCUT2D eigenvalue weighted by atomic mass is 32.2. The molecular weight excluding hydrogens is 438 g/mol. The van der Waals surface area contributed by atoms with Gasteiger partial charge in [0, 0.05) is 37.7 Å².